The molecule has 3 nitrogen and oxygen atoms in total. The van der Waals surface area contributed by atoms with Crippen LogP contribution in [0.1, 0.15) is 18.7 Å². The highest BCUT2D eigenvalue weighted by atomic mass is 35.5. The predicted molar refractivity (Wildman–Crippen MR) is 69.1 cm³/mol. The van der Waals surface area contributed by atoms with Crippen LogP contribution in [0.5, 0.6) is 0 Å². The molecule has 1 saturated carbocycles. The van der Waals surface area contributed by atoms with E-state index in [1.54, 1.807) is 18.3 Å². The molecule has 5 heteroatoms. The lowest BCUT2D eigenvalue weighted by atomic mass is 10.2. The van der Waals surface area contributed by atoms with Gasteiger partial charge in [0.25, 0.3) is 0 Å². The Morgan fingerprint density at radius 1 is 1.29 bits per heavy atom. The molecule has 1 aliphatic rings. The smallest absolute Gasteiger partial charge is 0.126 e. The van der Waals surface area contributed by atoms with Crippen molar-refractivity contribution in [1.29, 1.82) is 0 Å². The van der Waals surface area contributed by atoms with Crippen LogP contribution in [0, 0.1) is 0 Å². The van der Waals surface area contributed by atoms with Crippen LogP contribution in [0.3, 0.4) is 0 Å². The average molecular weight is 268 g/mol. The molecule has 3 N–H and O–H groups in total. The molecule has 3 rings (SSSR count). The van der Waals surface area contributed by atoms with Crippen molar-refractivity contribution in [2.24, 2.45) is 5.73 Å². The van der Waals surface area contributed by atoms with Gasteiger partial charge < -0.3 is 10.7 Å². The van der Waals surface area contributed by atoms with Crippen molar-refractivity contribution in [3.63, 3.8) is 0 Å². The number of hydrogen-bond acceptors (Lipinski definition) is 2. The molecule has 0 saturated heterocycles. The Hall–Kier alpha value is -1.03. The van der Waals surface area contributed by atoms with Gasteiger partial charge >= 0.3 is 0 Å². The zero-order chi connectivity index (χ0) is 12.0. The van der Waals surface area contributed by atoms with Crippen LogP contribution in [0.15, 0.2) is 24.4 Å². The van der Waals surface area contributed by atoms with Crippen LogP contribution in [0.4, 0.5) is 0 Å². The zero-order valence-corrected chi connectivity index (χ0v) is 10.5. The lowest BCUT2D eigenvalue weighted by molar-refractivity contribution is 0.685. The summed E-state index contributed by atoms with van der Waals surface area (Å²) in [5.41, 5.74) is 7.51. The SMILES string of the molecule is NC1(c2ncc(-c3cc(Cl)ccc3Cl)[nH]2)CC1. The zero-order valence-electron chi connectivity index (χ0n) is 9.00. The Balaban J connectivity index is 2.03. The van der Waals surface area contributed by atoms with Crippen molar-refractivity contribution in [2.75, 3.05) is 0 Å². The van der Waals surface area contributed by atoms with E-state index in [0.29, 0.717) is 10.0 Å². The molecule has 0 spiro atoms. The van der Waals surface area contributed by atoms with E-state index in [1.807, 2.05) is 6.07 Å². The Morgan fingerprint density at radius 2 is 2.06 bits per heavy atom. The number of nitrogens with one attached hydrogen (secondary N) is 1. The molecule has 17 heavy (non-hydrogen) atoms. The number of benzene rings is 1. The maximum atomic E-state index is 6.13. The summed E-state index contributed by atoms with van der Waals surface area (Å²) in [7, 11) is 0. The van der Waals surface area contributed by atoms with Gasteiger partial charge in [-0.05, 0) is 31.0 Å². The Bertz CT molecular complexity index is 573. The molecule has 0 radical (unpaired) electrons. The molecule has 2 aromatic rings. The van der Waals surface area contributed by atoms with Crippen molar-refractivity contribution < 1.29 is 0 Å². The van der Waals surface area contributed by atoms with E-state index in [9.17, 15) is 0 Å². The van der Waals surface area contributed by atoms with E-state index < -0.39 is 0 Å². The molecule has 0 amide bonds. The normalized spacial score (nSPS) is 17.1. The fraction of sp³-hybridized carbons (Fsp3) is 0.250. The van der Waals surface area contributed by atoms with E-state index in [1.165, 1.54) is 0 Å². The van der Waals surface area contributed by atoms with Crippen LogP contribution < -0.4 is 5.73 Å². The van der Waals surface area contributed by atoms with Crippen LogP contribution in [-0.4, -0.2) is 9.97 Å². The number of aromatic amines is 1. The van der Waals surface area contributed by atoms with Crippen molar-refractivity contribution in [3.8, 4) is 11.3 Å². The molecule has 1 aliphatic carbocycles. The molecular weight excluding hydrogens is 257 g/mol. The van der Waals surface area contributed by atoms with Crippen LogP contribution in [0.25, 0.3) is 11.3 Å². The Kier molecular flexibility index (Phi) is 2.43. The molecule has 88 valence electrons. The summed E-state index contributed by atoms with van der Waals surface area (Å²) in [6.07, 6.45) is 3.70. The third-order valence-electron chi connectivity index (χ3n) is 3.05. The third kappa shape index (κ3) is 1.95. The standard InChI is InChI=1S/C12H11Cl2N3/c13-7-1-2-9(14)8(5-7)10-6-16-11(17-10)12(15)3-4-12/h1-2,5-6H,3-4,15H2,(H,16,17). The molecule has 0 bridgehead atoms. The monoisotopic (exact) mass is 267 g/mol. The van der Waals surface area contributed by atoms with Gasteiger partial charge in [0.15, 0.2) is 0 Å². The number of halogens is 2. The minimum absolute atomic E-state index is 0.261. The lowest BCUT2D eigenvalue weighted by Crippen LogP contribution is -2.20. The summed E-state index contributed by atoms with van der Waals surface area (Å²) in [5.74, 6) is 0.823. The molecule has 1 heterocycles. The molecule has 1 aromatic heterocycles. The molecule has 1 fully saturated rings. The second-order valence-corrected chi connectivity index (χ2v) is 5.27. The maximum Gasteiger partial charge on any atom is 0.126 e. The fourth-order valence-electron chi connectivity index (χ4n) is 1.79. The highest BCUT2D eigenvalue weighted by molar-refractivity contribution is 6.35. The van der Waals surface area contributed by atoms with Crippen molar-refractivity contribution in [1.82, 2.24) is 9.97 Å². The number of nitrogens with two attached hydrogens (primary N) is 1. The first-order chi connectivity index (χ1) is 8.08. The summed E-state index contributed by atoms with van der Waals surface area (Å²) in [6.45, 7) is 0. The van der Waals surface area contributed by atoms with Gasteiger partial charge in [-0.15, -0.1) is 0 Å². The van der Waals surface area contributed by atoms with Gasteiger partial charge in [0, 0.05) is 10.6 Å². The van der Waals surface area contributed by atoms with Gasteiger partial charge in [-0.2, -0.15) is 0 Å². The highest BCUT2D eigenvalue weighted by Gasteiger charge is 2.42. The summed E-state index contributed by atoms with van der Waals surface area (Å²) < 4.78 is 0. The molecule has 0 aliphatic heterocycles. The minimum atomic E-state index is -0.261. The Morgan fingerprint density at radius 3 is 2.76 bits per heavy atom. The number of H-pyrrole nitrogens is 1. The maximum absolute atomic E-state index is 6.13. The molecular formula is C12H11Cl2N3. The highest BCUT2D eigenvalue weighted by Crippen LogP contribution is 2.42. The number of rotatable bonds is 2. The third-order valence-corrected chi connectivity index (χ3v) is 3.62. The molecule has 1 aromatic carbocycles. The summed E-state index contributed by atoms with van der Waals surface area (Å²) in [4.78, 5) is 7.54. The van der Waals surface area contributed by atoms with Gasteiger partial charge in [0.1, 0.15) is 5.82 Å². The van der Waals surface area contributed by atoms with E-state index in [-0.39, 0.29) is 5.54 Å². The van der Waals surface area contributed by atoms with Crippen LogP contribution >= 0.6 is 23.2 Å². The topological polar surface area (TPSA) is 54.7 Å². The summed E-state index contributed by atoms with van der Waals surface area (Å²) in [6, 6.07) is 5.35. The number of hydrogen-bond donors (Lipinski definition) is 2. The first kappa shape index (κ1) is 11.1. The van der Waals surface area contributed by atoms with Crippen molar-refractivity contribution in [3.05, 3.63) is 40.3 Å². The van der Waals surface area contributed by atoms with E-state index >= 15 is 0 Å². The van der Waals surface area contributed by atoms with Crippen molar-refractivity contribution >= 4 is 23.2 Å². The second kappa shape index (κ2) is 3.73. The molecule has 0 atom stereocenters. The minimum Gasteiger partial charge on any atom is -0.340 e. The van der Waals surface area contributed by atoms with Gasteiger partial charge in [-0.1, -0.05) is 23.2 Å². The molecule has 0 unspecified atom stereocenters. The largest absolute Gasteiger partial charge is 0.340 e. The van der Waals surface area contributed by atoms with E-state index in [0.717, 1.165) is 29.9 Å². The second-order valence-electron chi connectivity index (χ2n) is 4.43. The number of nitrogens with zero attached hydrogens (tertiary/aromatic N) is 1. The summed E-state index contributed by atoms with van der Waals surface area (Å²) in [5, 5.41) is 1.29. The average Bonchev–Trinajstić information content (AvgIpc) is 2.88. The van der Waals surface area contributed by atoms with Crippen LogP contribution in [-0.2, 0) is 5.54 Å². The first-order valence-corrected chi connectivity index (χ1v) is 6.14. The van der Waals surface area contributed by atoms with Crippen LogP contribution in [0.2, 0.25) is 10.0 Å². The van der Waals surface area contributed by atoms with E-state index in [2.05, 4.69) is 9.97 Å². The van der Waals surface area contributed by atoms with Gasteiger partial charge in [-0.25, -0.2) is 4.98 Å². The van der Waals surface area contributed by atoms with Gasteiger partial charge in [-0.3, -0.25) is 0 Å². The van der Waals surface area contributed by atoms with Gasteiger partial charge in [0.2, 0.25) is 0 Å². The van der Waals surface area contributed by atoms with E-state index in [4.69, 9.17) is 28.9 Å². The summed E-state index contributed by atoms with van der Waals surface area (Å²) >= 11 is 12.1. The quantitative estimate of drug-likeness (QED) is 0.877. The number of imidazole rings is 1. The van der Waals surface area contributed by atoms with Crippen molar-refractivity contribution in [2.45, 2.75) is 18.4 Å². The first-order valence-electron chi connectivity index (χ1n) is 5.38. The predicted octanol–water partition coefficient (Wildman–Crippen LogP) is 3.33. The Labute approximate surface area is 109 Å². The lowest BCUT2D eigenvalue weighted by Gasteiger charge is -2.04. The van der Waals surface area contributed by atoms with Gasteiger partial charge in [0.05, 0.1) is 22.5 Å². The number of aromatic nitrogens is 2. The fourth-order valence-corrected chi connectivity index (χ4v) is 2.18.